The molecule has 6 heteroatoms. The molecule has 0 fully saturated rings. The Hall–Kier alpha value is -1.59. The number of rotatable bonds is 7. The zero-order valence-electron chi connectivity index (χ0n) is 13.0. The topological polar surface area (TPSA) is 95.5 Å². The Kier molecular flexibility index (Phi) is 6.68. The highest BCUT2D eigenvalue weighted by atomic mass is 16.4. The minimum absolute atomic E-state index is 0.0639. The van der Waals surface area contributed by atoms with Crippen LogP contribution < -0.4 is 10.6 Å². The first kappa shape index (κ1) is 18.4. The molecule has 0 heterocycles. The molecule has 1 atom stereocenters. The molecule has 0 bridgehead atoms. The molecule has 0 saturated heterocycles. The fourth-order valence-corrected chi connectivity index (χ4v) is 1.65. The van der Waals surface area contributed by atoms with E-state index in [2.05, 4.69) is 10.6 Å². The van der Waals surface area contributed by atoms with Crippen molar-refractivity contribution in [1.29, 1.82) is 0 Å². The average Bonchev–Trinajstić information content (AvgIpc) is 2.27. The van der Waals surface area contributed by atoms with Crippen molar-refractivity contribution in [1.82, 2.24) is 10.6 Å². The SMILES string of the molecule is CCCC(C)(NC(=O)CCNC(=O)C(C)(C)C)C(=O)O. The molecular weight excluding hydrogens is 260 g/mol. The molecular formula is C14H26N2O4. The predicted octanol–water partition coefficient (Wildman–Crippen LogP) is 1.30. The number of hydrogen-bond acceptors (Lipinski definition) is 3. The van der Waals surface area contributed by atoms with Crippen molar-refractivity contribution in [2.24, 2.45) is 5.41 Å². The van der Waals surface area contributed by atoms with Crippen LogP contribution in [0, 0.1) is 5.41 Å². The Morgan fingerprint density at radius 3 is 2.05 bits per heavy atom. The minimum Gasteiger partial charge on any atom is -0.480 e. The summed E-state index contributed by atoms with van der Waals surface area (Å²) in [5, 5.41) is 14.3. The van der Waals surface area contributed by atoms with Gasteiger partial charge in [0, 0.05) is 18.4 Å². The summed E-state index contributed by atoms with van der Waals surface area (Å²) in [6, 6.07) is 0. The maximum absolute atomic E-state index is 11.7. The first-order valence-corrected chi connectivity index (χ1v) is 6.85. The van der Waals surface area contributed by atoms with E-state index in [0.29, 0.717) is 12.8 Å². The van der Waals surface area contributed by atoms with Gasteiger partial charge in [0.1, 0.15) is 5.54 Å². The van der Waals surface area contributed by atoms with E-state index in [0.717, 1.165) is 0 Å². The van der Waals surface area contributed by atoms with E-state index in [4.69, 9.17) is 5.11 Å². The molecule has 0 aromatic rings. The first-order valence-electron chi connectivity index (χ1n) is 6.85. The molecule has 116 valence electrons. The third-order valence-corrected chi connectivity index (χ3v) is 2.96. The van der Waals surface area contributed by atoms with Gasteiger partial charge in [0.2, 0.25) is 11.8 Å². The van der Waals surface area contributed by atoms with Crippen LogP contribution in [-0.2, 0) is 14.4 Å². The highest BCUT2D eigenvalue weighted by Gasteiger charge is 2.33. The van der Waals surface area contributed by atoms with Gasteiger partial charge in [-0.25, -0.2) is 4.79 Å². The molecule has 0 spiro atoms. The predicted molar refractivity (Wildman–Crippen MR) is 76.2 cm³/mol. The Bertz CT molecular complexity index is 374. The number of amides is 2. The summed E-state index contributed by atoms with van der Waals surface area (Å²) in [7, 11) is 0. The van der Waals surface area contributed by atoms with Gasteiger partial charge in [-0.15, -0.1) is 0 Å². The molecule has 1 unspecified atom stereocenters. The van der Waals surface area contributed by atoms with Crippen LogP contribution in [0.1, 0.15) is 53.9 Å². The standard InChI is InChI=1S/C14H26N2O4/c1-6-8-14(5,12(19)20)16-10(17)7-9-15-11(18)13(2,3)4/h6-9H2,1-5H3,(H,15,18)(H,16,17)(H,19,20). The molecule has 2 amide bonds. The van der Waals surface area contributed by atoms with Crippen molar-refractivity contribution >= 4 is 17.8 Å². The second-order valence-corrected chi connectivity index (χ2v) is 6.19. The lowest BCUT2D eigenvalue weighted by Crippen LogP contribution is -2.52. The number of hydrogen-bond donors (Lipinski definition) is 3. The van der Waals surface area contributed by atoms with Crippen molar-refractivity contribution in [2.75, 3.05) is 6.54 Å². The average molecular weight is 286 g/mol. The Morgan fingerprint density at radius 1 is 1.10 bits per heavy atom. The summed E-state index contributed by atoms with van der Waals surface area (Å²) in [6.07, 6.45) is 1.08. The number of aliphatic carboxylic acids is 1. The molecule has 6 nitrogen and oxygen atoms in total. The zero-order valence-corrected chi connectivity index (χ0v) is 13.0. The van der Waals surface area contributed by atoms with Gasteiger partial charge < -0.3 is 15.7 Å². The van der Waals surface area contributed by atoms with Crippen LogP contribution in [0.4, 0.5) is 0 Å². The first-order chi connectivity index (χ1) is 9.03. The van der Waals surface area contributed by atoms with Crippen molar-refractivity contribution in [3.8, 4) is 0 Å². The summed E-state index contributed by atoms with van der Waals surface area (Å²) >= 11 is 0. The van der Waals surface area contributed by atoms with E-state index in [1.54, 1.807) is 20.8 Å². The van der Waals surface area contributed by atoms with Crippen molar-refractivity contribution in [3.05, 3.63) is 0 Å². The highest BCUT2D eigenvalue weighted by molar-refractivity contribution is 5.87. The monoisotopic (exact) mass is 286 g/mol. The van der Waals surface area contributed by atoms with Gasteiger partial charge in [0.15, 0.2) is 0 Å². The molecule has 0 saturated carbocycles. The van der Waals surface area contributed by atoms with Crippen LogP contribution in [0.15, 0.2) is 0 Å². The van der Waals surface area contributed by atoms with Gasteiger partial charge in [0.05, 0.1) is 0 Å². The second-order valence-electron chi connectivity index (χ2n) is 6.19. The maximum atomic E-state index is 11.7. The Balaban J connectivity index is 4.30. The summed E-state index contributed by atoms with van der Waals surface area (Å²) in [5.74, 6) is -1.57. The normalized spacial score (nSPS) is 14.2. The van der Waals surface area contributed by atoms with Crippen LogP contribution in [0.25, 0.3) is 0 Å². The number of carboxylic acid groups (broad SMARTS) is 1. The molecule has 3 N–H and O–H groups in total. The molecule has 0 aliphatic heterocycles. The fourth-order valence-electron chi connectivity index (χ4n) is 1.65. The molecule has 0 aliphatic rings. The van der Waals surface area contributed by atoms with Gasteiger partial charge in [-0.2, -0.15) is 0 Å². The summed E-state index contributed by atoms with van der Waals surface area (Å²) in [5.41, 5.74) is -1.76. The number of nitrogens with one attached hydrogen (secondary N) is 2. The third-order valence-electron chi connectivity index (χ3n) is 2.96. The Labute approximate surface area is 120 Å². The van der Waals surface area contributed by atoms with E-state index in [9.17, 15) is 14.4 Å². The van der Waals surface area contributed by atoms with Gasteiger partial charge in [-0.3, -0.25) is 9.59 Å². The minimum atomic E-state index is -1.25. The van der Waals surface area contributed by atoms with Crippen LogP contribution >= 0.6 is 0 Å². The van der Waals surface area contributed by atoms with Crippen molar-refractivity contribution < 1.29 is 19.5 Å². The molecule has 0 aromatic carbocycles. The van der Waals surface area contributed by atoms with Crippen LogP contribution in [0.2, 0.25) is 0 Å². The van der Waals surface area contributed by atoms with Crippen molar-refractivity contribution in [2.45, 2.75) is 59.4 Å². The highest BCUT2D eigenvalue weighted by Crippen LogP contribution is 2.13. The summed E-state index contributed by atoms with van der Waals surface area (Å²) in [4.78, 5) is 34.5. The van der Waals surface area contributed by atoms with Gasteiger partial charge in [-0.1, -0.05) is 34.1 Å². The number of carbonyl (C=O) groups is 3. The number of carbonyl (C=O) groups excluding carboxylic acids is 2. The third kappa shape index (κ3) is 6.04. The smallest absolute Gasteiger partial charge is 0.329 e. The molecule has 0 radical (unpaired) electrons. The van der Waals surface area contributed by atoms with Crippen LogP contribution in [0.3, 0.4) is 0 Å². The maximum Gasteiger partial charge on any atom is 0.329 e. The van der Waals surface area contributed by atoms with E-state index < -0.39 is 16.9 Å². The molecule has 0 rings (SSSR count). The van der Waals surface area contributed by atoms with E-state index >= 15 is 0 Å². The largest absolute Gasteiger partial charge is 0.480 e. The van der Waals surface area contributed by atoms with E-state index in [-0.39, 0.29) is 24.8 Å². The molecule has 20 heavy (non-hydrogen) atoms. The lowest BCUT2D eigenvalue weighted by atomic mass is 9.95. The molecule has 0 aromatic heterocycles. The summed E-state index contributed by atoms with van der Waals surface area (Å²) < 4.78 is 0. The lowest BCUT2D eigenvalue weighted by molar-refractivity contribution is -0.147. The lowest BCUT2D eigenvalue weighted by Gasteiger charge is -2.26. The fraction of sp³-hybridized carbons (Fsp3) is 0.786. The van der Waals surface area contributed by atoms with Crippen LogP contribution in [0.5, 0.6) is 0 Å². The zero-order chi connectivity index (χ0) is 16.0. The van der Waals surface area contributed by atoms with Crippen LogP contribution in [-0.4, -0.2) is 35.0 Å². The summed E-state index contributed by atoms with van der Waals surface area (Å²) in [6.45, 7) is 8.90. The van der Waals surface area contributed by atoms with E-state index in [1.165, 1.54) is 6.92 Å². The quantitative estimate of drug-likeness (QED) is 0.657. The second kappa shape index (κ2) is 7.26. The van der Waals surface area contributed by atoms with Gasteiger partial charge in [-0.05, 0) is 13.3 Å². The number of carboxylic acids is 1. The van der Waals surface area contributed by atoms with E-state index in [1.807, 2.05) is 6.92 Å². The van der Waals surface area contributed by atoms with Crippen molar-refractivity contribution in [3.63, 3.8) is 0 Å². The van der Waals surface area contributed by atoms with Gasteiger partial charge >= 0.3 is 5.97 Å². The Morgan fingerprint density at radius 2 is 1.65 bits per heavy atom. The molecule has 0 aliphatic carbocycles. The van der Waals surface area contributed by atoms with Gasteiger partial charge in [0.25, 0.3) is 0 Å².